The van der Waals surface area contributed by atoms with E-state index >= 15 is 0 Å². The van der Waals surface area contributed by atoms with Crippen LogP contribution in [0.1, 0.15) is 12.0 Å². The molecule has 3 heterocycles. The van der Waals surface area contributed by atoms with Crippen LogP contribution in [0.5, 0.6) is 0 Å². The highest BCUT2D eigenvalue weighted by Gasteiger charge is 2.29. The zero-order chi connectivity index (χ0) is 18.7. The second kappa shape index (κ2) is 7.98. The molecule has 0 radical (unpaired) electrons. The molecule has 0 spiro atoms. The van der Waals surface area contributed by atoms with E-state index in [0.29, 0.717) is 39.4 Å². The van der Waals surface area contributed by atoms with E-state index < -0.39 is 0 Å². The van der Waals surface area contributed by atoms with Crippen LogP contribution in [0.4, 0.5) is 5.82 Å². The normalized spacial score (nSPS) is 16.1. The fraction of sp³-hybridized carbons (Fsp3) is 0.294. The summed E-state index contributed by atoms with van der Waals surface area (Å²) in [6.45, 7) is 1.20. The minimum Gasteiger partial charge on any atom is -0.385 e. The fourth-order valence-corrected chi connectivity index (χ4v) is 3.63. The fourth-order valence-electron chi connectivity index (χ4n) is 2.47. The van der Waals surface area contributed by atoms with E-state index in [-0.39, 0.29) is 11.5 Å². The highest BCUT2D eigenvalue weighted by Crippen LogP contribution is 2.31. The summed E-state index contributed by atoms with van der Waals surface area (Å²) in [5.41, 5.74) is 0.623. The van der Waals surface area contributed by atoms with Crippen LogP contribution in [0.25, 0.3) is 11.7 Å². The number of fused-ring (bicyclic) bond motifs is 1. The van der Waals surface area contributed by atoms with Crippen molar-refractivity contribution < 1.29 is 9.53 Å². The topological polar surface area (TPSA) is 75.9 Å². The van der Waals surface area contributed by atoms with E-state index in [9.17, 15) is 9.59 Å². The van der Waals surface area contributed by atoms with E-state index in [2.05, 4.69) is 10.3 Å². The molecule has 7 nitrogen and oxygen atoms in total. The molecule has 0 atom stereocenters. The summed E-state index contributed by atoms with van der Waals surface area (Å²) >= 11 is 6.33. The average Bonchev–Trinajstić information content (AvgIpc) is 2.88. The minimum atomic E-state index is -0.244. The second-order valence-electron chi connectivity index (χ2n) is 5.62. The van der Waals surface area contributed by atoms with Gasteiger partial charge in [-0.3, -0.25) is 18.9 Å². The number of ether oxygens (including phenoxy) is 1. The van der Waals surface area contributed by atoms with Gasteiger partial charge in [0.05, 0.1) is 10.5 Å². The van der Waals surface area contributed by atoms with Crippen molar-refractivity contribution in [3.63, 3.8) is 0 Å². The SMILES string of the molecule is COCCCNc1nc2ccccn2c(=O)c1/C=C1\SC(=S)N(C)C1=O. The van der Waals surface area contributed by atoms with Gasteiger partial charge in [-0.2, -0.15) is 0 Å². The van der Waals surface area contributed by atoms with E-state index in [1.165, 1.54) is 21.1 Å². The molecule has 0 aliphatic carbocycles. The first kappa shape index (κ1) is 18.6. The van der Waals surface area contributed by atoms with Crippen LogP contribution in [0.2, 0.25) is 0 Å². The summed E-state index contributed by atoms with van der Waals surface area (Å²) in [5.74, 6) is 0.224. The standard InChI is InChI=1S/C17H18N4O3S2/c1-20-16(23)12(26-17(20)25)10-11-14(18-7-5-9-24-2)19-13-6-3-4-8-21(13)15(11)22/h3-4,6,8,10,18H,5,7,9H2,1-2H3/b12-10-. The number of pyridine rings is 1. The predicted octanol–water partition coefficient (Wildman–Crippen LogP) is 1.97. The third-order valence-corrected chi connectivity index (χ3v) is 5.33. The lowest BCUT2D eigenvalue weighted by Gasteiger charge is -2.11. The maximum absolute atomic E-state index is 12.9. The Labute approximate surface area is 160 Å². The van der Waals surface area contributed by atoms with Crippen molar-refractivity contribution in [2.24, 2.45) is 0 Å². The van der Waals surface area contributed by atoms with Crippen LogP contribution >= 0.6 is 24.0 Å². The molecule has 3 rings (SSSR count). The van der Waals surface area contributed by atoms with Gasteiger partial charge >= 0.3 is 0 Å². The molecule has 1 fully saturated rings. The molecule has 0 saturated carbocycles. The van der Waals surface area contributed by atoms with Crippen LogP contribution in [0, 0.1) is 0 Å². The van der Waals surface area contributed by atoms with Gasteiger partial charge in [-0.1, -0.05) is 30.0 Å². The van der Waals surface area contributed by atoms with Gasteiger partial charge < -0.3 is 10.1 Å². The van der Waals surface area contributed by atoms with Gasteiger partial charge in [0.25, 0.3) is 11.5 Å². The lowest BCUT2D eigenvalue weighted by molar-refractivity contribution is -0.121. The number of rotatable bonds is 6. The maximum Gasteiger partial charge on any atom is 0.267 e. The van der Waals surface area contributed by atoms with Crippen molar-refractivity contribution in [2.45, 2.75) is 6.42 Å². The molecule has 0 bridgehead atoms. The minimum absolute atomic E-state index is 0.220. The van der Waals surface area contributed by atoms with Gasteiger partial charge in [0.15, 0.2) is 0 Å². The number of carbonyl (C=O) groups excluding carboxylic acids is 1. The Bertz CT molecular complexity index is 955. The molecule has 0 unspecified atom stereocenters. The van der Waals surface area contributed by atoms with Gasteiger partial charge in [-0.05, 0) is 24.6 Å². The Morgan fingerprint density at radius 3 is 2.88 bits per heavy atom. The van der Waals surface area contributed by atoms with Crippen molar-refractivity contribution >= 4 is 51.7 Å². The lowest BCUT2D eigenvalue weighted by atomic mass is 10.2. The molecular weight excluding hydrogens is 372 g/mol. The molecule has 1 aliphatic rings. The first-order chi connectivity index (χ1) is 12.5. The van der Waals surface area contributed by atoms with E-state index in [0.717, 1.165) is 6.42 Å². The number of carbonyl (C=O) groups is 1. The van der Waals surface area contributed by atoms with Crippen molar-refractivity contribution in [2.75, 3.05) is 32.6 Å². The smallest absolute Gasteiger partial charge is 0.267 e. The molecule has 136 valence electrons. The highest BCUT2D eigenvalue weighted by atomic mass is 32.2. The number of aromatic nitrogens is 2. The van der Waals surface area contributed by atoms with Gasteiger partial charge in [0.2, 0.25) is 0 Å². The first-order valence-electron chi connectivity index (χ1n) is 7.98. The predicted molar refractivity (Wildman–Crippen MR) is 107 cm³/mol. The van der Waals surface area contributed by atoms with E-state index in [1.54, 1.807) is 38.6 Å². The number of nitrogens with zero attached hydrogens (tertiary/aromatic N) is 3. The molecule has 1 aliphatic heterocycles. The number of thioether (sulfide) groups is 1. The third-order valence-electron chi connectivity index (χ3n) is 3.85. The molecular formula is C17H18N4O3S2. The van der Waals surface area contributed by atoms with Gasteiger partial charge in [-0.25, -0.2) is 4.98 Å². The summed E-state index contributed by atoms with van der Waals surface area (Å²) in [6.07, 6.45) is 3.99. The Morgan fingerprint density at radius 2 is 2.19 bits per heavy atom. The van der Waals surface area contributed by atoms with Crippen molar-refractivity contribution in [1.82, 2.24) is 14.3 Å². The maximum atomic E-state index is 12.9. The quantitative estimate of drug-likeness (QED) is 0.459. The van der Waals surface area contributed by atoms with Crippen molar-refractivity contribution in [3.8, 4) is 0 Å². The van der Waals surface area contributed by atoms with Gasteiger partial charge in [0, 0.05) is 33.5 Å². The molecule has 2 aromatic rings. The van der Waals surface area contributed by atoms with Crippen LogP contribution in [0.15, 0.2) is 34.1 Å². The largest absolute Gasteiger partial charge is 0.385 e. The number of amides is 1. The number of hydrogen-bond acceptors (Lipinski definition) is 7. The van der Waals surface area contributed by atoms with Crippen molar-refractivity contribution in [3.05, 3.63) is 45.2 Å². The molecule has 1 N–H and O–H groups in total. The first-order valence-corrected chi connectivity index (χ1v) is 9.21. The second-order valence-corrected chi connectivity index (χ2v) is 7.30. The lowest BCUT2D eigenvalue weighted by Crippen LogP contribution is -2.23. The van der Waals surface area contributed by atoms with Crippen LogP contribution in [-0.4, -0.2) is 51.8 Å². The molecule has 0 aromatic carbocycles. The van der Waals surface area contributed by atoms with Gasteiger partial charge in [0.1, 0.15) is 15.8 Å². The van der Waals surface area contributed by atoms with E-state index in [4.69, 9.17) is 17.0 Å². The van der Waals surface area contributed by atoms with Crippen molar-refractivity contribution in [1.29, 1.82) is 0 Å². The molecule has 2 aromatic heterocycles. The summed E-state index contributed by atoms with van der Waals surface area (Å²) in [4.78, 5) is 31.6. The number of likely N-dealkylation sites (N-methyl/N-ethyl adjacent to an activating group) is 1. The number of thiocarbonyl (C=S) groups is 1. The monoisotopic (exact) mass is 390 g/mol. The summed E-state index contributed by atoms with van der Waals surface area (Å²) in [7, 11) is 3.26. The summed E-state index contributed by atoms with van der Waals surface area (Å²) < 4.78 is 6.96. The summed E-state index contributed by atoms with van der Waals surface area (Å²) in [6, 6.07) is 5.34. The number of nitrogens with one attached hydrogen (secondary N) is 1. The van der Waals surface area contributed by atoms with Crippen LogP contribution in [0.3, 0.4) is 0 Å². The highest BCUT2D eigenvalue weighted by molar-refractivity contribution is 8.26. The molecule has 1 saturated heterocycles. The molecule has 1 amide bonds. The Morgan fingerprint density at radius 1 is 1.38 bits per heavy atom. The summed E-state index contributed by atoms with van der Waals surface area (Å²) in [5, 5.41) is 3.18. The molecule has 26 heavy (non-hydrogen) atoms. The van der Waals surface area contributed by atoms with Gasteiger partial charge in [-0.15, -0.1) is 0 Å². The number of hydrogen-bond donors (Lipinski definition) is 1. The van der Waals surface area contributed by atoms with Crippen LogP contribution < -0.4 is 10.9 Å². The Balaban J connectivity index is 2.06. The molecule has 9 heteroatoms. The average molecular weight is 390 g/mol. The third kappa shape index (κ3) is 3.64. The number of anilines is 1. The zero-order valence-corrected chi connectivity index (χ0v) is 16.0. The Hall–Kier alpha value is -2.23. The van der Waals surface area contributed by atoms with E-state index in [1.807, 2.05) is 6.07 Å². The zero-order valence-electron chi connectivity index (χ0n) is 14.4. The van der Waals surface area contributed by atoms with Crippen LogP contribution in [-0.2, 0) is 9.53 Å². The Kier molecular flexibility index (Phi) is 5.70. The number of methoxy groups -OCH3 is 1.